The predicted octanol–water partition coefficient (Wildman–Crippen LogP) is 6.55. The third kappa shape index (κ3) is 5.22. The van der Waals surface area contributed by atoms with Crippen molar-refractivity contribution in [1.82, 2.24) is 14.9 Å². The third-order valence-electron chi connectivity index (χ3n) is 6.96. The second kappa shape index (κ2) is 11.1. The van der Waals surface area contributed by atoms with Crippen LogP contribution in [0.5, 0.6) is 17.2 Å². The molecule has 0 spiro atoms. The van der Waals surface area contributed by atoms with Gasteiger partial charge in [0.25, 0.3) is 0 Å². The molecule has 2 atom stereocenters. The van der Waals surface area contributed by atoms with E-state index in [2.05, 4.69) is 15.2 Å². The lowest BCUT2D eigenvalue weighted by atomic mass is 10.0. The number of hydrogen-bond acceptors (Lipinski definition) is 5. The Morgan fingerprint density at radius 3 is 2.29 bits per heavy atom. The third-order valence-corrected chi connectivity index (χ3v) is 7.28. The highest BCUT2D eigenvalue weighted by Crippen LogP contribution is 2.42. The van der Waals surface area contributed by atoms with Crippen molar-refractivity contribution in [2.24, 2.45) is 0 Å². The number of nitrogens with one attached hydrogen (secondary N) is 1. The van der Waals surface area contributed by atoms with Crippen LogP contribution in [0.2, 0.25) is 0 Å². The van der Waals surface area contributed by atoms with Gasteiger partial charge in [0.05, 0.1) is 24.4 Å². The fourth-order valence-corrected chi connectivity index (χ4v) is 5.39. The zero-order chi connectivity index (χ0) is 28.3. The first-order valence-corrected chi connectivity index (χ1v) is 13.4. The summed E-state index contributed by atoms with van der Waals surface area (Å²) in [5.74, 6) is 1.17. The monoisotopic (exact) mass is 562 g/mol. The molecule has 0 radical (unpaired) electrons. The molecule has 6 rings (SSSR count). The van der Waals surface area contributed by atoms with Gasteiger partial charge in [-0.3, -0.25) is 4.98 Å². The van der Waals surface area contributed by atoms with Gasteiger partial charge in [0, 0.05) is 29.5 Å². The van der Waals surface area contributed by atoms with Crippen LogP contribution in [0.3, 0.4) is 0 Å². The summed E-state index contributed by atoms with van der Waals surface area (Å²) in [6, 6.07) is 31.3. The van der Waals surface area contributed by atoms with Crippen molar-refractivity contribution in [2.45, 2.75) is 12.1 Å². The summed E-state index contributed by atoms with van der Waals surface area (Å²) in [4.78, 5) is 18.4. The lowest BCUT2D eigenvalue weighted by Gasteiger charge is -2.29. The largest absolute Gasteiger partial charge is 0.497 e. The molecule has 9 heteroatoms. The summed E-state index contributed by atoms with van der Waals surface area (Å²) < 4.78 is 13.3. The number of nitrogens with zero attached hydrogens (tertiary/aromatic N) is 3. The van der Waals surface area contributed by atoms with E-state index >= 15 is 0 Å². The number of aromatic carboxylic acids is 1. The summed E-state index contributed by atoms with van der Waals surface area (Å²) >= 11 is 5.88. The molecule has 0 amide bonds. The molecule has 204 valence electrons. The molecular weight excluding hydrogens is 536 g/mol. The van der Waals surface area contributed by atoms with E-state index in [1.165, 1.54) is 0 Å². The molecule has 0 bridgehead atoms. The van der Waals surface area contributed by atoms with Gasteiger partial charge in [-0.15, -0.1) is 0 Å². The quantitative estimate of drug-likeness (QED) is 0.206. The lowest BCUT2D eigenvalue weighted by molar-refractivity contribution is 0.0697. The van der Waals surface area contributed by atoms with Crippen LogP contribution in [0, 0.1) is 0 Å². The highest BCUT2D eigenvalue weighted by molar-refractivity contribution is 7.80. The highest BCUT2D eigenvalue weighted by atomic mass is 32.1. The Morgan fingerprint density at radius 1 is 0.878 bits per heavy atom. The van der Waals surface area contributed by atoms with Crippen molar-refractivity contribution in [2.75, 3.05) is 12.0 Å². The van der Waals surface area contributed by atoms with Gasteiger partial charge in [-0.05, 0) is 103 Å². The molecule has 1 saturated heterocycles. The van der Waals surface area contributed by atoms with Gasteiger partial charge in [-0.2, -0.15) is 0 Å². The molecule has 1 aliphatic heterocycles. The fourth-order valence-electron chi connectivity index (χ4n) is 5.05. The van der Waals surface area contributed by atoms with Crippen LogP contribution in [0.1, 0.15) is 33.8 Å². The van der Waals surface area contributed by atoms with E-state index in [1.807, 2.05) is 95.7 Å². The van der Waals surface area contributed by atoms with E-state index in [1.54, 1.807) is 31.5 Å². The first kappa shape index (κ1) is 26.1. The van der Waals surface area contributed by atoms with Gasteiger partial charge >= 0.3 is 5.97 Å². The van der Waals surface area contributed by atoms with Crippen LogP contribution in [-0.2, 0) is 0 Å². The Labute approximate surface area is 242 Å². The molecule has 3 aromatic carbocycles. The smallest absolute Gasteiger partial charge is 0.335 e. The minimum atomic E-state index is -0.978. The van der Waals surface area contributed by atoms with E-state index in [-0.39, 0.29) is 17.6 Å². The Kier molecular flexibility index (Phi) is 7.09. The highest BCUT2D eigenvalue weighted by Gasteiger charge is 2.42. The molecule has 0 saturated carbocycles. The van der Waals surface area contributed by atoms with Crippen LogP contribution < -0.4 is 19.7 Å². The van der Waals surface area contributed by atoms with Gasteiger partial charge in [-0.1, -0.05) is 12.1 Å². The number of carboxylic acid groups (broad SMARTS) is 1. The molecule has 41 heavy (non-hydrogen) atoms. The summed E-state index contributed by atoms with van der Waals surface area (Å²) in [5.41, 5.74) is 3.60. The van der Waals surface area contributed by atoms with Gasteiger partial charge in [0.1, 0.15) is 23.3 Å². The summed E-state index contributed by atoms with van der Waals surface area (Å²) in [6.07, 6.45) is 3.69. The topological polar surface area (TPSA) is 88.9 Å². The van der Waals surface area contributed by atoms with Gasteiger partial charge in [0.15, 0.2) is 5.11 Å². The SMILES string of the molecule is COc1ccc(Oc2ccc(N3C(=S)N[C@H](c4ccccn4)[C@H]3c3cccn3-c3cccc(C(=O)O)c3)cc2)cc1. The van der Waals surface area contributed by atoms with E-state index in [0.717, 1.165) is 28.5 Å². The van der Waals surface area contributed by atoms with Gasteiger partial charge in [0.2, 0.25) is 0 Å². The van der Waals surface area contributed by atoms with E-state index in [9.17, 15) is 9.90 Å². The number of benzene rings is 3. The van der Waals surface area contributed by atoms with Crippen molar-refractivity contribution in [3.05, 3.63) is 132 Å². The Bertz CT molecular complexity index is 1690. The molecule has 2 N–H and O–H groups in total. The number of carbonyl (C=O) groups is 1. The average molecular weight is 563 g/mol. The number of hydrogen-bond donors (Lipinski definition) is 2. The number of thiocarbonyl (C=S) groups is 1. The van der Waals surface area contributed by atoms with Crippen LogP contribution in [0.4, 0.5) is 5.69 Å². The molecule has 2 aromatic heterocycles. The number of ether oxygens (including phenoxy) is 2. The van der Waals surface area contributed by atoms with Crippen molar-refractivity contribution < 1.29 is 19.4 Å². The molecule has 1 fully saturated rings. The summed E-state index contributed by atoms with van der Waals surface area (Å²) in [5, 5.41) is 13.6. The lowest BCUT2D eigenvalue weighted by Crippen LogP contribution is -2.30. The predicted molar refractivity (Wildman–Crippen MR) is 160 cm³/mol. The number of methoxy groups -OCH3 is 1. The summed E-state index contributed by atoms with van der Waals surface area (Å²) in [6.45, 7) is 0. The van der Waals surface area contributed by atoms with E-state index in [4.69, 9.17) is 21.7 Å². The van der Waals surface area contributed by atoms with Gasteiger partial charge < -0.3 is 29.4 Å². The maximum absolute atomic E-state index is 11.7. The Hall–Kier alpha value is -5.15. The number of carboxylic acids is 1. The number of aromatic nitrogens is 2. The molecule has 5 aromatic rings. The van der Waals surface area contributed by atoms with Crippen molar-refractivity contribution >= 4 is 29.0 Å². The van der Waals surface area contributed by atoms with E-state index < -0.39 is 5.97 Å². The Morgan fingerprint density at radius 2 is 1.61 bits per heavy atom. The molecule has 0 aliphatic carbocycles. The first-order chi connectivity index (χ1) is 20.0. The summed E-state index contributed by atoms with van der Waals surface area (Å²) in [7, 11) is 1.63. The van der Waals surface area contributed by atoms with Crippen LogP contribution >= 0.6 is 12.2 Å². The first-order valence-electron chi connectivity index (χ1n) is 13.0. The normalized spacial score (nSPS) is 16.3. The zero-order valence-corrected chi connectivity index (χ0v) is 22.9. The number of pyridine rings is 1. The molecule has 8 nitrogen and oxygen atoms in total. The molecular formula is C32H26N4O4S. The van der Waals surface area contributed by atoms with Crippen LogP contribution in [0.15, 0.2) is 116 Å². The van der Waals surface area contributed by atoms with Crippen LogP contribution in [0.25, 0.3) is 5.69 Å². The van der Waals surface area contributed by atoms with Crippen molar-refractivity contribution in [3.63, 3.8) is 0 Å². The van der Waals surface area contributed by atoms with E-state index in [0.29, 0.717) is 16.6 Å². The number of anilines is 1. The second-order valence-corrected chi connectivity index (χ2v) is 9.81. The zero-order valence-electron chi connectivity index (χ0n) is 22.0. The average Bonchev–Trinajstić information content (AvgIpc) is 3.63. The second-order valence-electron chi connectivity index (χ2n) is 9.43. The van der Waals surface area contributed by atoms with Crippen molar-refractivity contribution in [3.8, 4) is 22.9 Å². The minimum Gasteiger partial charge on any atom is -0.497 e. The van der Waals surface area contributed by atoms with Gasteiger partial charge in [-0.25, -0.2) is 4.79 Å². The molecule has 0 unspecified atom stereocenters. The minimum absolute atomic E-state index is 0.216. The fraction of sp³-hybridized carbons (Fsp3) is 0.0938. The standard InChI is InChI=1S/C32H26N4O4S/c1-39-24-14-16-26(17-15-24)40-25-12-10-22(11-13-25)36-30(29(34-32(36)41)27-8-2-3-18-33-27)28-9-5-19-35(28)23-7-4-6-21(20-23)31(37)38/h2-20,29-30H,1H3,(H,34,41)(H,37,38)/t29-,30-/m1/s1. The molecule has 1 aliphatic rings. The maximum atomic E-state index is 11.7. The molecule has 3 heterocycles. The Balaban J connectivity index is 1.38. The number of rotatable bonds is 8. The van der Waals surface area contributed by atoms with Crippen LogP contribution in [-0.4, -0.2) is 32.8 Å². The maximum Gasteiger partial charge on any atom is 0.335 e. The van der Waals surface area contributed by atoms with Crippen molar-refractivity contribution in [1.29, 1.82) is 0 Å².